The molecule has 1 atom stereocenters. The summed E-state index contributed by atoms with van der Waals surface area (Å²) in [5.41, 5.74) is 4.92. The molecule has 0 radical (unpaired) electrons. The van der Waals surface area contributed by atoms with E-state index in [9.17, 15) is 24.0 Å². The van der Waals surface area contributed by atoms with Crippen molar-refractivity contribution in [2.45, 2.75) is 19.3 Å². The zero-order valence-electron chi connectivity index (χ0n) is 21.9. The molecular weight excluding hydrogens is 514 g/mol. The highest BCUT2D eigenvalue weighted by Gasteiger charge is 2.37. The minimum absolute atomic E-state index is 0.0728. The average molecular weight is 544 g/mol. The number of hydrazine groups is 1. The standard InChI is InChI=1S/C30H29N3O7/c1-2-39-29(37)22-13-15-24(16-14-22)31-25(34)19-40-30(38)23-17-26(35)33(18-23)32-28(36)27(20-9-5-3-6-10-20)21-11-7-4-8-12-21/h3-16,23,27H,2,17-19H2,1H3,(H,31,34)(H,32,36)/t23-/m1/s1. The van der Waals surface area contributed by atoms with Crippen LogP contribution in [0.25, 0.3) is 0 Å². The van der Waals surface area contributed by atoms with Crippen LogP contribution in [-0.2, 0) is 28.7 Å². The van der Waals surface area contributed by atoms with Crippen molar-refractivity contribution < 1.29 is 33.4 Å². The van der Waals surface area contributed by atoms with Crippen LogP contribution in [-0.4, -0.2) is 54.4 Å². The average Bonchev–Trinajstić information content (AvgIpc) is 3.33. The molecule has 1 fully saturated rings. The topological polar surface area (TPSA) is 131 Å². The van der Waals surface area contributed by atoms with Crippen molar-refractivity contribution in [3.05, 3.63) is 102 Å². The van der Waals surface area contributed by atoms with Crippen LogP contribution in [0.1, 0.15) is 40.7 Å². The lowest BCUT2D eigenvalue weighted by molar-refractivity contribution is -0.151. The number of ether oxygens (including phenoxy) is 2. The van der Waals surface area contributed by atoms with Crippen molar-refractivity contribution >= 4 is 35.3 Å². The van der Waals surface area contributed by atoms with Crippen LogP contribution in [0.3, 0.4) is 0 Å². The predicted octanol–water partition coefficient (Wildman–Crippen LogP) is 3.06. The molecule has 0 unspecified atom stereocenters. The van der Waals surface area contributed by atoms with Crippen molar-refractivity contribution in [2.75, 3.05) is 25.1 Å². The van der Waals surface area contributed by atoms with Gasteiger partial charge in [0.1, 0.15) is 0 Å². The lowest BCUT2D eigenvalue weighted by Gasteiger charge is -2.23. The molecular formula is C30H29N3O7. The van der Waals surface area contributed by atoms with Gasteiger partial charge >= 0.3 is 11.9 Å². The van der Waals surface area contributed by atoms with E-state index in [2.05, 4.69) is 10.7 Å². The molecule has 0 spiro atoms. The van der Waals surface area contributed by atoms with Gasteiger partial charge in [-0.3, -0.25) is 29.6 Å². The number of esters is 2. The van der Waals surface area contributed by atoms with E-state index >= 15 is 0 Å². The fraction of sp³-hybridized carbons (Fsp3) is 0.233. The second-order valence-corrected chi connectivity index (χ2v) is 9.09. The number of anilines is 1. The molecule has 2 N–H and O–H groups in total. The molecule has 1 saturated heterocycles. The van der Waals surface area contributed by atoms with E-state index < -0.39 is 48.1 Å². The van der Waals surface area contributed by atoms with Gasteiger partial charge in [-0.15, -0.1) is 0 Å². The maximum absolute atomic E-state index is 13.3. The number of carbonyl (C=O) groups is 5. The number of hydrogen-bond acceptors (Lipinski definition) is 7. The predicted molar refractivity (Wildman–Crippen MR) is 145 cm³/mol. The number of rotatable bonds is 10. The van der Waals surface area contributed by atoms with Crippen molar-refractivity contribution in [3.63, 3.8) is 0 Å². The molecule has 0 aromatic heterocycles. The Labute approximate surface area is 231 Å². The fourth-order valence-corrected chi connectivity index (χ4v) is 4.31. The Morgan fingerprint density at radius 2 is 1.48 bits per heavy atom. The Morgan fingerprint density at radius 3 is 2.05 bits per heavy atom. The van der Waals surface area contributed by atoms with Crippen LogP contribution in [0.4, 0.5) is 5.69 Å². The number of nitrogens with one attached hydrogen (secondary N) is 2. The molecule has 1 heterocycles. The van der Waals surface area contributed by atoms with Crippen LogP contribution >= 0.6 is 0 Å². The van der Waals surface area contributed by atoms with Gasteiger partial charge in [-0.05, 0) is 42.3 Å². The Morgan fingerprint density at radius 1 is 0.875 bits per heavy atom. The third-order valence-corrected chi connectivity index (χ3v) is 6.26. The summed E-state index contributed by atoms with van der Waals surface area (Å²) in [6.45, 7) is 1.33. The Kier molecular flexibility index (Phi) is 9.24. The molecule has 206 valence electrons. The second kappa shape index (κ2) is 13.2. The SMILES string of the molecule is CCOC(=O)c1ccc(NC(=O)COC(=O)[C@@H]2CC(=O)N(NC(=O)C(c3ccccc3)c3ccccc3)C2)cc1. The van der Waals surface area contributed by atoms with Gasteiger partial charge in [0.15, 0.2) is 6.61 Å². The highest BCUT2D eigenvalue weighted by atomic mass is 16.5. The van der Waals surface area contributed by atoms with Crippen molar-refractivity contribution in [1.29, 1.82) is 0 Å². The molecule has 1 aliphatic heterocycles. The lowest BCUT2D eigenvalue weighted by atomic mass is 9.91. The number of benzene rings is 3. The van der Waals surface area contributed by atoms with Gasteiger partial charge in [0, 0.05) is 12.1 Å². The first-order valence-electron chi connectivity index (χ1n) is 12.8. The smallest absolute Gasteiger partial charge is 0.338 e. The molecule has 4 rings (SSSR count). The number of hydrogen-bond donors (Lipinski definition) is 2. The van der Waals surface area contributed by atoms with E-state index in [0.717, 1.165) is 16.1 Å². The third kappa shape index (κ3) is 7.10. The van der Waals surface area contributed by atoms with Crippen LogP contribution in [0, 0.1) is 5.92 Å². The van der Waals surface area contributed by atoms with Crippen molar-refractivity contribution in [3.8, 4) is 0 Å². The summed E-state index contributed by atoms with van der Waals surface area (Å²) in [7, 11) is 0. The molecule has 3 aromatic rings. The molecule has 0 saturated carbocycles. The zero-order chi connectivity index (χ0) is 28.5. The first-order chi connectivity index (χ1) is 19.4. The van der Waals surface area contributed by atoms with Crippen LogP contribution in [0.2, 0.25) is 0 Å². The zero-order valence-corrected chi connectivity index (χ0v) is 21.9. The van der Waals surface area contributed by atoms with E-state index in [-0.39, 0.29) is 19.6 Å². The molecule has 1 aliphatic rings. The largest absolute Gasteiger partial charge is 0.462 e. The summed E-state index contributed by atoms with van der Waals surface area (Å²) < 4.78 is 10.0. The molecule has 40 heavy (non-hydrogen) atoms. The first-order valence-corrected chi connectivity index (χ1v) is 12.8. The highest BCUT2D eigenvalue weighted by molar-refractivity contribution is 5.95. The fourth-order valence-electron chi connectivity index (χ4n) is 4.31. The van der Waals surface area contributed by atoms with Gasteiger partial charge in [0.05, 0.1) is 30.6 Å². The minimum atomic E-state index is -0.837. The van der Waals surface area contributed by atoms with Crippen molar-refractivity contribution in [2.24, 2.45) is 5.92 Å². The van der Waals surface area contributed by atoms with Crippen molar-refractivity contribution in [1.82, 2.24) is 10.4 Å². The van der Waals surface area contributed by atoms with E-state index in [4.69, 9.17) is 9.47 Å². The molecule has 0 bridgehead atoms. The summed E-state index contributed by atoms with van der Waals surface area (Å²) in [6.07, 6.45) is -0.155. The molecule has 0 aliphatic carbocycles. The molecule has 10 heteroatoms. The molecule has 3 amide bonds. The summed E-state index contributed by atoms with van der Waals surface area (Å²) in [6, 6.07) is 24.5. The number of nitrogens with zero attached hydrogens (tertiary/aromatic N) is 1. The Balaban J connectivity index is 1.30. The van der Waals surface area contributed by atoms with E-state index in [1.165, 1.54) is 24.3 Å². The normalized spacial score (nSPS) is 14.5. The van der Waals surface area contributed by atoms with Gasteiger partial charge in [-0.2, -0.15) is 0 Å². The van der Waals surface area contributed by atoms with E-state index in [0.29, 0.717) is 11.3 Å². The summed E-state index contributed by atoms with van der Waals surface area (Å²) in [5.74, 6) is -4.11. The second-order valence-electron chi connectivity index (χ2n) is 9.09. The quantitative estimate of drug-likeness (QED) is 0.376. The van der Waals surface area contributed by atoms with Crippen LogP contribution in [0.5, 0.6) is 0 Å². The molecule has 10 nitrogen and oxygen atoms in total. The Bertz CT molecular complexity index is 1320. The monoisotopic (exact) mass is 543 g/mol. The highest BCUT2D eigenvalue weighted by Crippen LogP contribution is 2.26. The minimum Gasteiger partial charge on any atom is -0.462 e. The third-order valence-electron chi connectivity index (χ3n) is 6.26. The van der Waals surface area contributed by atoms with Crippen LogP contribution in [0.15, 0.2) is 84.9 Å². The van der Waals surface area contributed by atoms with E-state index in [1.54, 1.807) is 6.92 Å². The van der Waals surface area contributed by atoms with Gasteiger partial charge in [0.25, 0.3) is 11.8 Å². The van der Waals surface area contributed by atoms with Gasteiger partial charge in [-0.1, -0.05) is 60.7 Å². The summed E-state index contributed by atoms with van der Waals surface area (Å²) in [5, 5.41) is 3.69. The van der Waals surface area contributed by atoms with Gasteiger partial charge < -0.3 is 14.8 Å². The number of carbonyl (C=O) groups excluding carboxylic acids is 5. The van der Waals surface area contributed by atoms with Crippen LogP contribution < -0.4 is 10.7 Å². The number of amides is 3. The summed E-state index contributed by atoms with van der Waals surface area (Å²) in [4.78, 5) is 62.5. The van der Waals surface area contributed by atoms with Gasteiger partial charge in [-0.25, -0.2) is 4.79 Å². The maximum atomic E-state index is 13.3. The summed E-state index contributed by atoms with van der Waals surface area (Å²) >= 11 is 0. The lowest BCUT2D eigenvalue weighted by Crippen LogP contribution is -2.45. The maximum Gasteiger partial charge on any atom is 0.338 e. The van der Waals surface area contributed by atoms with Gasteiger partial charge in [0.2, 0.25) is 5.91 Å². The van der Waals surface area contributed by atoms with E-state index in [1.807, 2.05) is 60.7 Å². The molecule has 3 aromatic carbocycles. The Hall–Kier alpha value is -4.99. The first kappa shape index (κ1) is 28.0.